The molecule has 0 aliphatic carbocycles. The molecule has 0 aromatic heterocycles. The van der Waals surface area contributed by atoms with Gasteiger partial charge < -0.3 is 5.32 Å². The Hall–Kier alpha value is -1.12. The number of likely N-dealkylation sites (N-methyl/N-ethyl adjacent to an activating group) is 1. The predicted molar refractivity (Wildman–Crippen MR) is 94.9 cm³/mol. The van der Waals surface area contributed by atoms with Crippen molar-refractivity contribution in [2.75, 3.05) is 6.54 Å². The lowest BCUT2D eigenvalue weighted by Crippen LogP contribution is -2.24. The molecule has 0 bridgehead atoms. The zero-order valence-electron chi connectivity index (χ0n) is 13.3. The molecule has 1 nitrogen and oxygen atoms in total. The lowest BCUT2D eigenvalue weighted by molar-refractivity contribution is 0.547. The molecule has 112 valence electrons. The van der Waals surface area contributed by atoms with Gasteiger partial charge in [0.2, 0.25) is 0 Å². The normalized spacial score (nSPS) is 12.4. The Labute approximate surface area is 136 Å². The fourth-order valence-corrected chi connectivity index (χ4v) is 3.02. The van der Waals surface area contributed by atoms with E-state index in [4.69, 9.17) is 0 Å². The minimum absolute atomic E-state index is 0.371. The van der Waals surface area contributed by atoms with Gasteiger partial charge in [-0.3, -0.25) is 0 Å². The fourth-order valence-electron chi connectivity index (χ4n) is 2.75. The van der Waals surface area contributed by atoms with E-state index < -0.39 is 0 Å². The molecule has 0 aliphatic heterocycles. The molecular formula is C19H24BrN. The Morgan fingerprint density at radius 2 is 1.57 bits per heavy atom. The second kappa shape index (κ2) is 7.24. The largest absolute Gasteiger partial charge is 0.310 e. The van der Waals surface area contributed by atoms with Gasteiger partial charge in [0.05, 0.1) is 0 Å². The van der Waals surface area contributed by atoms with Crippen molar-refractivity contribution in [2.45, 2.75) is 40.2 Å². The van der Waals surface area contributed by atoms with Gasteiger partial charge in [0, 0.05) is 10.5 Å². The SMILES string of the molecule is CCNC(Cc1ccc(Br)cc1)c1cc(C)c(C)cc1C. The van der Waals surface area contributed by atoms with Crippen LogP contribution in [0.1, 0.15) is 40.8 Å². The van der Waals surface area contributed by atoms with E-state index in [9.17, 15) is 0 Å². The maximum Gasteiger partial charge on any atom is 0.0363 e. The van der Waals surface area contributed by atoms with Crippen LogP contribution in [0.25, 0.3) is 0 Å². The van der Waals surface area contributed by atoms with Gasteiger partial charge in [-0.2, -0.15) is 0 Å². The summed E-state index contributed by atoms with van der Waals surface area (Å²) in [6.45, 7) is 9.75. The van der Waals surface area contributed by atoms with Crippen molar-refractivity contribution in [1.82, 2.24) is 5.32 Å². The van der Waals surface area contributed by atoms with E-state index in [1.54, 1.807) is 0 Å². The van der Waals surface area contributed by atoms with Crippen LogP contribution in [0, 0.1) is 20.8 Å². The smallest absolute Gasteiger partial charge is 0.0363 e. The summed E-state index contributed by atoms with van der Waals surface area (Å²) < 4.78 is 1.13. The Kier molecular flexibility index (Phi) is 5.60. The van der Waals surface area contributed by atoms with Crippen LogP contribution >= 0.6 is 15.9 Å². The number of hydrogen-bond donors (Lipinski definition) is 1. The highest BCUT2D eigenvalue weighted by Crippen LogP contribution is 2.25. The standard InChI is InChI=1S/C19H24BrN/c1-5-21-19(12-16-6-8-17(20)9-7-16)18-11-14(3)13(2)10-15(18)4/h6-11,19,21H,5,12H2,1-4H3. The van der Waals surface area contributed by atoms with Crippen LogP contribution in [0.15, 0.2) is 40.9 Å². The van der Waals surface area contributed by atoms with E-state index in [-0.39, 0.29) is 0 Å². The number of rotatable bonds is 5. The molecule has 0 aliphatic rings. The summed E-state index contributed by atoms with van der Waals surface area (Å²) in [5.74, 6) is 0. The van der Waals surface area contributed by atoms with Crippen molar-refractivity contribution in [1.29, 1.82) is 0 Å². The van der Waals surface area contributed by atoms with E-state index in [1.807, 2.05) is 0 Å². The lowest BCUT2D eigenvalue weighted by Gasteiger charge is -2.22. The van der Waals surface area contributed by atoms with Crippen molar-refractivity contribution >= 4 is 15.9 Å². The van der Waals surface area contributed by atoms with Crippen molar-refractivity contribution in [3.05, 3.63) is 68.7 Å². The first kappa shape index (κ1) is 16.3. The molecule has 1 atom stereocenters. The summed E-state index contributed by atoms with van der Waals surface area (Å²) in [4.78, 5) is 0. The third-order valence-corrected chi connectivity index (χ3v) is 4.59. The first-order valence-electron chi connectivity index (χ1n) is 7.56. The minimum Gasteiger partial charge on any atom is -0.310 e. The first-order chi connectivity index (χ1) is 10.0. The summed E-state index contributed by atoms with van der Waals surface area (Å²) in [6.07, 6.45) is 1.02. The molecule has 0 heterocycles. The van der Waals surface area contributed by atoms with Gasteiger partial charge in [0.1, 0.15) is 0 Å². The van der Waals surface area contributed by atoms with Gasteiger partial charge in [-0.25, -0.2) is 0 Å². The quantitative estimate of drug-likeness (QED) is 0.778. The van der Waals surface area contributed by atoms with Crippen molar-refractivity contribution < 1.29 is 0 Å². The molecule has 0 spiro atoms. The number of aryl methyl sites for hydroxylation is 3. The maximum absolute atomic E-state index is 3.64. The second-order valence-electron chi connectivity index (χ2n) is 5.73. The zero-order chi connectivity index (χ0) is 15.4. The number of nitrogens with one attached hydrogen (secondary N) is 1. The molecule has 0 radical (unpaired) electrons. The topological polar surface area (TPSA) is 12.0 Å². The molecule has 2 aromatic rings. The van der Waals surface area contributed by atoms with Crippen LogP contribution in [-0.4, -0.2) is 6.54 Å². The summed E-state index contributed by atoms with van der Waals surface area (Å²) in [6, 6.07) is 13.6. The molecule has 1 unspecified atom stereocenters. The highest BCUT2D eigenvalue weighted by atomic mass is 79.9. The zero-order valence-corrected chi connectivity index (χ0v) is 14.9. The van der Waals surface area contributed by atoms with Crippen molar-refractivity contribution in [3.63, 3.8) is 0 Å². The van der Waals surface area contributed by atoms with Gasteiger partial charge >= 0.3 is 0 Å². The molecule has 0 fully saturated rings. The summed E-state index contributed by atoms with van der Waals surface area (Å²) in [5, 5.41) is 3.64. The molecule has 2 aromatic carbocycles. The summed E-state index contributed by atoms with van der Waals surface area (Å²) >= 11 is 3.50. The van der Waals surface area contributed by atoms with Crippen LogP contribution in [0.2, 0.25) is 0 Å². The van der Waals surface area contributed by atoms with Crippen LogP contribution in [0.3, 0.4) is 0 Å². The monoisotopic (exact) mass is 345 g/mol. The molecule has 0 saturated carbocycles. The van der Waals surface area contributed by atoms with Gasteiger partial charge in [-0.05, 0) is 73.7 Å². The maximum atomic E-state index is 3.64. The van der Waals surface area contributed by atoms with Crippen molar-refractivity contribution in [2.24, 2.45) is 0 Å². The van der Waals surface area contributed by atoms with E-state index >= 15 is 0 Å². The summed E-state index contributed by atoms with van der Waals surface area (Å²) in [7, 11) is 0. The van der Waals surface area contributed by atoms with E-state index in [2.05, 4.69) is 85.3 Å². The molecule has 21 heavy (non-hydrogen) atoms. The van der Waals surface area contributed by atoms with Gasteiger partial charge in [0.15, 0.2) is 0 Å². The van der Waals surface area contributed by atoms with Gasteiger partial charge in [-0.1, -0.05) is 47.1 Å². The summed E-state index contributed by atoms with van der Waals surface area (Å²) in [5.41, 5.74) is 6.90. The van der Waals surface area contributed by atoms with E-state index in [0.29, 0.717) is 6.04 Å². The Morgan fingerprint density at radius 1 is 0.952 bits per heavy atom. The molecule has 2 rings (SSSR count). The average molecular weight is 346 g/mol. The second-order valence-corrected chi connectivity index (χ2v) is 6.65. The Morgan fingerprint density at radius 3 is 2.19 bits per heavy atom. The van der Waals surface area contributed by atoms with Crippen LogP contribution < -0.4 is 5.32 Å². The number of hydrogen-bond acceptors (Lipinski definition) is 1. The highest BCUT2D eigenvalue weighted by Gasteiger charge is 2.14. The van der Waals surface area contributed by atoms with Crippen LogP contribution in [0.4, 0.5) is 0 Å². The van der Waals surface area contributed by atoms with E-state index in [0.717, 1.165) is 17.4 Å². The number of benzene rings is 2. The third kappa shape index (κ3) is 4.18. The molecular weight excluding hydrogens is 322 g/mol. The van der Waals surface area contributed by atoms with Crippen LogP contribution in [-0.2, 0) is 6.42 Å². The Balaban J connectivity index is 2.30. The molecule has 0 saturated heterocycles. The van der Waals surface area contributed by atoms with Gasteiger partial charge in [-0.15, -0.1) is 0 Å². The van der Waals surface area contributed by atoms with Crippen LogP contribution in [0.5, 0.6) is 0 Å². The van der Waals surface area contributed by atoms with E-state index in [1.165, 1.54) is 27.8 Å². The fraction of sp³-hybridized carbons (Fsp3) is 0.368. The lowest BCUT2D eigenvalue weighted by atomic mass is 9.92. The first-order valence-corrected chi connectivity index (χ1v) is 8.36. The predicted octanol–water partition coefficient (Wildman–Crippen LogP) is 5.27. The average Bonchev–Trinajstić information content (AvgIpc) is 2.45. The number of halogens is 1. The Bertz CT molecular complexity index is 602. The molecule has 0 amide bonds. The minimum atomic E-state index is 0.371. The highest BCUT2D eigenvalue weighted by molar-refractivity contribution is 9.10. The third-order valence-electron chi connectivity index (χ3n) is 4.06. The molecule has 2 heteroatoms. The van der Waals surface area contributed by atoms with Gasteiger partial charge in [0.25, 0.3) is 0 Å². The molecule has 1 N–H and O–H groups in total. The van der Waals surface area contributed by atoms with Crippen molar-refractivity contribution in [3.8, 4) is 0 Å².